The Kier molecular flexibility index (Phi) is 8.78. The molecular formula is C13H30N2O2. The third-order valence-corrected chi connectivity index (χ3v) is 3.31. The van der Waals surface area contributed by atoms with E-state index in [9.17, 15) is 0 Å². The normalized spacial score (nSPS) is 12.7. The van der Waals surface area contributed by atoms with Crippen LogP contribution < -0.4 is 5.32 Å². The number of hydrogen-bond acceptors (Lipinski definition) is 4. The summed E-state index contributed by atoms with van der Waals surface area (Å²) in [6.45, 7) is 9.06. The molecule has 0 fully saturated rings. The van der Waals surface area contributed by atoms with Crippen LogP contribution in [-0.2, 0) is 0 Å². The molecule has 4 nitrogen and oxygen atoms in total. The molecule has 0 unspecified atom stereocenters. The molecule has 0 heterocycles. The Labute approximate surface area is 106 Å². The van der Waals surface area contributed by atoms with Crippen LogP contribution in [0.2, 0.25) is 0 Å². The van der Waals surface area contributed by atoms with E-state index < -0.39 is 5.41 Å². The van der Waals surface area contributed by atoms with Gasteiger partial charge < -0.3 is 20.4 Å². The Morgan fingerprint density at radius 2 is 1.76 bits per heavy atom. The molecule has 104 valence electrons. The van der Waals surface area contributed by atoms with Crippen molar-refractivity contribution in [3.63, 3.8) is 0 Å². The first-order chi connectivity index (χ1) is 7.95. The Morgan fingerprint density at radius 3 is 2.24 bits per heavy atom. The Bertz CT molecular complexity index is 182. The van der Waals surface area contributed by atoms with E-state index in [1.165, 1.54) is 6.42 Å². The molecule has 3 N–H and O–H groups in total. The standard InChI is InChI=1S/C13H30N2O2/c1-12(2)15(4)8-6-5-7-14-9-13(3,10-16)11-17/h12,14,16-17H,5-11H2,1-4H3. The molecule has 0 radical (unpaired) electrons. The summed E-state index contributed by atoms with van der Waals surface area (Å²) in [7, 11) is 2.15. The highest BCUT2D eigenvalue weighted by Crippen LogP contribution is 2.11. The summed E-state index contributed by atoms with van der Waals surface area (Å²) in [5, 5.41) is 21.5. The fourth-order valence-electron chi connectivity index (χ4n) is 1.42. The zero-order valence-electron chi connectivity index (χ0n) is 11.9. The highest BCUT2D eigenvalue weighted by atomic mass is 16.3. The quantitative estimate of drug-likeness (QED) is 0.496. The van der Waals surface area contributed by atoms with Crippen molar-refractivity contribution in [2.45, 2.75) is 39.7 Å². The largest absolute Gasteiger partial charge is 0.396 e. The summed E-state index contributed by atoms with van der Waals surface area (Å²) in [6, 6.07) is 0.607. The van der Waals surface area contributed by atoms with Gasteiger partial charge in [0.1, 0.15) is 0 Å². The molecule has 0 rings (SSSR count). The van der Waals surface area contributed by atoms with Gasteiger partial charge in [-0.2, -0.15) is 0 Å². The molecule has 0 bridgehead atoms. The van der Waals surface area contributed by atoms with Crippen LogP contribution in [0.5, 0.6) is 0 Å². The third-order valence-electron chi connectivity index (χ3n) is 3.31. The predicted octanol–water partition coefficient (Wildman–Crippen LogP) is 0.687. The maximum atomic E-state index is 9.12. The Morgan fingerprint density at radius 1 is 1.18 bits per heavy atom. The molecule has 0 saturated carbocycles. The predicted molar refractivity (Wildman–Crippen MR) is 72.1 cm³/mol. The van der Waals surface area contributed by atoms with Gasteiger partial charge in [-0.25, -0.2) is 0 Å². The zero-order chi connectivity index (χ0) is 13.3. The van der Waals surface area contributed by atoms with Gasteiger partial charge in [-0.05, 0) is 46.8 Å². The van der Waals surface area contributed by atoms with Crippen molar-refractivity contribution < 1.29 is 10.2 Å². The van der Waals surface area contributed by atoms with Crippen molar-refractivity contribution in [1.82, 2.24) is 10.2 Å². The van der Waals surface area contributed by atoms with Gasteiger partial charge in [-0.1, -0.05) is 6.92 Å². The lowest BCUT2D eigenvalue weighted by molar-refractivity contribution is 0.0698. The third kappa shape index (κ3) is 7.71. The SMILES string of the molecule is CC(C)N(C)CCCCNCC(C)(CO)CO. The molecule has 4 heteroatoms. The number of hydrogen-bond donors (Lipinski definition) is 3. The minimum absolute atomic E-state index is 0.0204. The van der Waals surface area contributed by atoms with Gasteiger partial charge in [0.25, 0.3) is 0 Å². The van der Waals surface area contributed by atoms with E-state index in [0.29, 0.717) is 12.6 Å². The molecule has 0 atom stereocenters. The average Bonchev–Trinajstić information content (AvgIpc) is 2.32. The fourth-order valence-corrected chi connectivity index (χ4v) is 1.42. The minimum atomic E-state index is -0.394. The number of aliphatic hydroxyl groups is 2. The molecule has 0 aliphatic heterocycles. The van der Waals surface area contributed by atoms with Crippen LogP contribution in [0.4, 0.5) is 0 Å². The number of nitrogens with zero attached hydrogens (tertiary/aromatic N) is 1. The molecule has 0 saturated heterocycles. The molecule has 17 heavy (non-hydrogen) atoms. The van der Waals surface area contributed by atoms with Gasteiger partial charge in [-0.3, -0.25) is 0 Å². The maximum absolute atomic E-state index is 9.12. The first-order valence-corrected chi connectivity index (χ1v) is 6.58. The molecule has 0 amide bonds. The second-order valence-corrected chi connectivity index (χ2v) is 5.59. The summed E-state index contributed by atoms with van der Waals surface area (Å²) in [4.78, 5) is 2.34. The lowest BCUT2D eigenvalue weighted by Crippen LogP contribution is -2.38. The van der Waals surface area contributed by atoms with Crippen LogP contribution in [0, 0.1) is 5.41 Å². The summed E-state index contributed by atoms with van der Waals surface area (Å²) in [6.07, 6.45) is 2.31. The van der Waals surface area contributed by atoms with E-state index in [4.69, 9.17) is 10.2 Å². The molecule has 0 aliphatic rings. The maximum Gasteiger partial charge on any atom is 0.0518 e. The average molecular weight is 246 g/mol. The van der Waals surface area contributed by atoms with Crippen molar-refractivity contribution in [2.24, 2.45) is 5.41 Å². The number of rotatable bonds is 10. The molecule has 0 aromatic rings. The van der Waals surface area contributed by atoms with Gasteiger partial charge >= 0.3 is 0 Å². The van der Waals surface area contributed by atoms with Crippen LogP contribution in [0.1, 0.15) is 33.6 Å². The zero-order valence-corrected chi connectivity index (χ0v) is 11.9. The monoisotopic (exact) mass is 246 g/mol. The molecule has 0 spiro atoms. The first-order valence-electron chi connectivity index (χ1n) is 6.58. The van der Waals surface area contributed by atoms with E-state index in [0.717, 1.165) is 19.5 Å². The Balaban J connectivity index is 3.47. The van der Waals surface area contributed by atoms with Crippen molar-refractivity contribution in [1.29, 1.82) is 0 Å². The molecular weight excluding hydrogens is 216 g/mol. The molecule has 0 aromatic carbocycles. The van der Waals surface area contributed by atoms with Crippen molar-refractivity contribution in [3.8, 4) is 0 Å². The lowest BCUT2D eigenvalue weighted by Gasteiger charge is -2.25. The van der Waals surface area contributed by atoms with Crippen LogP contribution in [0.25, 0.3) is 0 Å². The highest BCUT2D eigenvalue weighted by Gasteiger charge is 2.21. The van der Waals surface area contributed by atoms with Crippen LogP contribution in [0.3, 0.4) is 0 Å². The van der Waals surface area contributed by atoms with Gasteiger partial charge in [0.15, 0.2) is 0 Å². The van der Waals surface area contributed by atoms with E-state index in [-0.39, 0.29) is 13.2 Å². The van der Waals surface area contributed by atoms with Crippen molar-refractivity contribution >= 4 is 0 Å². The van der Waals surface area contributed by atoms with Crippen LogP contribution in [0.15, 0.2) is 0 Å². The molecule has 0 aliphatic carbocycles. The minimum Gasteiger partial charge on any atom is -0.396 e. The summed E-state index contributed by atoms with van der Waals surface area (Å²) < 4.78 is 0. The van der Waals surface area contributed by atoms with Gasteiger partial charge in [0.05, 0.1) is 13.2 Å². The second-order valence-electron chi connectivity index (χ2n) is 5.59. The lowest BCUT2D eigenvalue weighted by atomic mass is 9.93. The topological polar surface area (TPSA) is 55.7 Å². The second kappa shape index (κ2) is 8.86. The fraction of sp³-hybridized carbons (Fsp3) is 1.00. The van der Waals surface area contributed by atoms with Gasteiger partial charge in [0.2, 0.25) is 0 Å². The summed E-state index contributed by atoms with van der Waals surface area (Å²) in [5.74, 6) is 0. The van der Waals surface area contributed by atoms with Crippen molar-refractivity contribution in [3.05, 3.63) is 0 Å². The summed E-state index contributed by atoms with van der Waals surface area (Å²) >= 11 is 0. The van der Waals surface area contributed by atoms with E-state index in [2.05, 4.69) is 31.1 Å². The number of aliphatic hydroxyl groups excluding tert-OH is 2. The van der Waals surface area contributed by atoms with Crippen LogP contribution in [-0.4, -0.2) is 61.1 Å². The van der Waals surface area contributed by atoms with E-state index >= 15 is 0 Å². The van der Waals surface area contributed by atoms with Gasteiger partial charge in [-0.15, -0.1) is 0 Å². The van der Waals surface area contributed by atoms with E-state index in [1.54, 1.807) is 0 Å². The molecule has 0 aromatic heterocycles. The Hall–Kier alpha value is -0.160. The van der Waals surface area contributed by atoms with Gasteiger partial charge in [0, 0.05) is 18.0 Å². The first kappa shape index (κ1) is 16.8. The number of unbranched alkanes of at least 4 members (excludes halogenated alkanes) is 1. The highest BCUT2D eigenvalue weighted by molar-refractivity contribution is 4.74. The van der Waals surface area contributed by atoms with Crippen molar-refractivity contribution in [2.75, 3.05) is 39.9 Å². The van der Waals surface area contributed by atoms with Crippen LogP contribution >= 0.6 is 0 Å². The smallest absolute Gasteiger partial charge is 0.0518 e. The van der Waals surface area contributed by atoms with E-state index in [1.807, 2.05) is 6.92 Å². The number of nitrogens with one attached hydrogen (secondary N) is 1. The summed E-state index contributed by atoms with van der Waals surface area (Å²) in [5.41, 5.74) is -0.394.